The first-order chi connectivity index (χ1) is 15.6. The Morgan fingerprint density at radius 1 is 0.906 bits per heavy atom. The van der Waals surface area contributed by atoms with Gasteiger partial charge in [0.1, 0.15) is 5.75 Å². The fraction of sp³-hybridized carbons (Fsp3) is 0.280. The van der Waals surface area contributed by atoms with E-state index in [-0.39, 0.29) is 17.4 Å². The molecule has 3 aromatic carbocycles. The van der Waals surface area contributed by atoms with E-state index in [4.69, 9.17) is 14.2 Å². The molecule has 0 bridgehead atoms. The van der Waals surface area contributed by atoms with Crippen LogP contribution in [0.25, 0.3) is 0 Å². The Labute approximate surface area is 187 Å². The Morgan fingerprint density at radius 2 is 1.53 bits per heavy atom. The van der Waals surface area contributed by atoms with Gasteiger partial charge in [-0.25, -0.2) is 0 Å². The lowest BCUT2D eigenvalue weighted by molar-refractivity contribution is -0.384. The van der Waals surface area contributed by atoms with Crippen LogP contribution in [0.2, 0.25) is 0 Å². The molecule has 3 aromatic rings. The fourth-order valence-corrected chi connectivity index (χ4v) is 3.69. The summed E-state index contributed by atoms with van der Waals surface area (Å²) in [5.74, 6) is 2.43. The Kier molecular flexibility index (Phi) is 6.87. The van der Waals surface area contributed by atoms with Crippen LogP contribution >= 0.6 is 0 Å². The number of hydrogen-bond acceptors (Lipinski definition) is 6. The third kappa shape index (κ3) is 5.56. The molecule has 0 atom stereocenters. The predicted octanol–water partition coefficient (Wildman–Crippen LogP) is 4.97. The number of nitro groups is 1. The molecule has 0 fully saturated rings. The van der Waals surface area contributed by atoms with Gasteiger partial charge in [-0.3, -0.25) is 15.0 Å². The zero-order chi connectivity index (χ0) is 22.3. The first-order valence-electron chi connectivity index (χ1n) is 10.7. The molecule has 0 saturated carbocycles. The Hall–Kier alpha value is -3.58. The van der Waals surface area contributed by atoms with E-state index in [1.807, 2.05) is 43.3 Å². The molecule has 7 heteroatoms. The molecule has 166 valence electrons. The van der Waals surface area contributed by atoms with Crippen LogP contribution in [-0.4, -0.2) is 29.8 Å². The smallest absolute Gasteiger partial charge is 0.269 e. The van der Waals surface area contributed by atoms with E-state index in [0.29, 0.717) is 13.2 Å². The average molecular weight is 434 g/mol. The van der Waals surface area contributed by atoms with E-state index in [2.05, 4.69) is 23.1 Å². The van der Waals surface area contributed by atoms with Gasteiger partial charge in [-0.1, -0.05) is 30.3 Å². The number of benzene rings is 3. The van der Waals surface area contributed by atoms with Crippen LogP contribution in [-0.2, 0) is 19.5 Å². The number of rotatable bonds is 10. The van der Waals surface area contributed by atoms with Crippen molar-refractivity contribution in [3.8, 4) is 17.2 Å². The number of non-ortho nitro benzene ring substituents is 1. The SMILES string of the molecule is CCOc1ccc(CN(CCc2ccc3c(c2)OCO3)Cc2ccc([N+](=O)[O-])cc2)cc1. The molecular formula is C25H26N2O5. The van der Waals surface area contributed by atoms with Crippen LogP contribution in [0.1, 0.15) is 23.6 Å². The van der Waals surface area contributed by atoms with Gasteiger partial charge >= 0.3 is 0 Å². The highest BCUT2D eigenvalue weighted by Gasteiger charge is 2.15. The predicted molar refractivity (Wildman–Crippen MR) is 121 cm³/mol. The molecule has 0 N–H and O–H groups in total. The van der Waals surface area contributed by atoms with E-state index in [9.17, 15) is 10.1 Å². The summed E-state index contributed by atoms with van der Waals surface area (Å²) >= 11 is 0. The normalized spacial score (nSPS) is 12.2. The molecule has 0 aliphatic carbocycles. The summed E-state index contributed by atoms with van der Waals surface area (Å²) in [4.78, 5) is 12.9. The van der Waals surface area contributed by atoms with Gasteiger partial charge in [0.25, 0.3) is 5.69 Å². The van der Waals surface area contributed by atoms with Crippen LogP contribution in [0.15, 0.2) is 66.7 Å². The highest BCUT2D eigenvalue weighted by atomic mass is 16.7. The highest BCUT2D eigenvalue weighted by Crippen LogP contribution is 2.32. The molecule has 1 heterocycles. The van der Waals surface area contributed by atoms with Crippen LogP contribution in [0.4, 0.5) is 5.69 Å². The third-order valence-corrected chi connectivity index (χ3v) is 5.35. The van der Waals surface area contributed by atoms with Crippen molar-refractivity contribution in [3.63, 3.8) is 0 Å². The molecule has 4 rings (SSSR count). The lowest BCUT2D eigenvalue weighted by Crippen LogP contribution is -2.25. The zero-order valence-electron chi connectivity index (χ0n) is 18.0. The van der Waals surface area contributed by atoms with Crippen molar-refractivity contribution < 1.29 is 19.1 Å². The van der Waals surface area contributed by atoms with Gasteiger partial charge in [-0.2, -0.15) is 0 Å². The van der Waals surface area contributed by atoms with Crippen molar-refractivity contribution in [1.82, 2.24) is 4.90 Å². The molecule has 0 unspecified atom stereocenters. The summed E-state index contributed by atoms with van der Waals surface area (Å²) < 4.78 is 16.4. The van der Waals surface area contributed by atoms with Crippen molar-refractivity contribution in [1.29, 1.82) is 0 Å². The minimum Gasteiger partial charge on any atom is -0.494 e. The van der Waals surface area contributed by atoms with Gasteiger partial charge in [-0.15, -0.1) is 0 Å². The summed E-state index contributed by atoms with van der Waals surface area (Å²) in [5, 5.41) is 11.0. The lowest BCUT2D eigenvalue weighted by atomic mass is 10.1. The van der Waals surface area contributed by atoms with Crippen molar-refractivity contribution >= 4 is 5.69 Å². The monoisotopic (exact) mass is 434 g/mol. The van der Waals surface area contributed by atoms with Crippen LogP contribution < -0.4 is 14.2 Å². The lowest BCUT2D eigenvalue weighted by Gasteiger charge is -2.23. The second-order valence-electron chi connectivity index (χ2n) is 7.65. The summed E-state index contributed by atoms with van der Waals surface area (Å²) in [6.45, 7) is 5.15. The molecule has 1 aliphatic heterocycles. The van der Waals surface area contributed by atoms with Crippen molar-refractivity contribution in [2.75, 3.05) is 19.9 Å². The number of ether oxygens (including phenoxy) is 3. The van der Waals surface area contributed by atoms with Gasteiger partial charge in [0.2, 0.25) is 6.79 Å². The van der Waals surface area contributed by atoms with E-state index in [1.165, 1.54) is 11.1 Å². The first kappa shape index (κ1) is 21.6. The molecule has 1 aliphatic rings. The summed E-state index contributed by atoms with van der Waals surface area (Å²) in [5.41, 5.74) is 3.50. The summed E-state index contributed by atoms with van der Waals surface area (Å²) in [6.07, 6.45) is 0.848. The van der Waals surface area contributed by atoms with Gasteiger partial charge in [0.15, 0.2) is 11.5 Å². The highest BCUT2D eigenvalue weighted by molar-refractivity contribution is 5.44. The van der Waals surface area contributed by atoms with Gasteiger partial charge in [0, 0.05) is 31.8 Å². The molecule has 0 saturated heterocycles. The van der Waals surface area contributed by atoms with Crippen LogP contribution in [0, 0.1) is 10.1 Å². The molecule has 0 spiro atoms. The van der Waals surface area contributed by atoms with E-state index >= 15 is 0 Å². The third-order valence-electron chi connectivity index (χ3n) is 5.35. The molecule has 7 nitrogen and oxygen atoms in total. The van der Waals surface area contributed by atoms with Gasteiger partial charge in [0.05, 0.1) is 11.5 Å². The Morgan fingerprint density at radius 3 is 2.19 bits per heavy atom. The van der Waals surface area contributed by atoms with Gasteiger partial charge in [-0.05, 0) is 54.3 Å². The molecule has 0 amide bonds. The van der Waals surface area contributed by atoms with Crippen LogP contribution in [0.5, 0.6) is 17.2 Å². The second-order valence-corrected chi connectivity index (χ2v) is 7.65. The Balaban J connectivity index is 1.46. The van der Waals surface area contributed by atoms with Gasteiger partial charge < -0.3 is 14.2 Å². The molecule has 0 aromatic heterocycles. The summed E-state index contributed by atoms with van der Waals surface area (Å²) in [6, 6.07) is 20.9. The molecular weight excluding hydrogens is 408 g/mol. The first-order valence-corrected chi connectivity index (χ1v) is 10.7. The maximum atomic E-state index is 11.0. The topological polar surface area (TPSA) is 74.1 Å². The van der Waals surface area contributed by atoms with Crippen molar-refractivity contribution in [3.05, 3.63) is 93.5 Å². The van der Waals surface area contributed by atoms with E-state index in [0.717, 1.165) is 42.3 Å². The quantitative estimate of drug-likeness (QED) is 0.331. The molecule has 0 radical (unpaired) electrons. The Bertz CT molecular complexity index is 1050. The maximum absolute atomic E-state index is 11.0. The van der Waals surface area contributed by atoms with Crippen molar-refractivity contribution in [2.45, 2.75) is 26.4 Å². The minimum absolute atomic E-state index is 0.104. The van der Waals surface area contributed by atoms with E-state index in [1.54, 1.807) is 12.1 Å². The number of hydrogen-bond donors (Lipinski definition) is 0. The zero-order valence-corrected chi connectivity index (χ0v) is 18.0. The fourth-order valence-electron chi connectivity index (χ4n) is 3.69. The van der Waals surface area contributed by atoms with Crippen molar-refractivity contribution in [2.24, 2.45) is 0 Å². The minimum atomic E-state index is -0.374. The molecule has 32 heavy (non-hydrogen) atoms. The standard InChI is InChI=1S/C25H26N2O5/c1-2-30-23-10-5-21(6-11-23)17-26(16-20-3-8-22(9-4-20)27(28)29)14-13-19-7-12-24-25(15-19)32-18-31-24/h3-12,15H,2,13-14,16-18H2,1H3. The number of nitro benzene ring substituents is 1. The second kappa shape index (κ2) is 10.2. The number of fused-ring (bicyclic) bond motifs is 1. The van der Waals surface area contributed by atoms with Crippen LogP contribution in [0.3, 0.4) is 0 Å². The summed E-state index contributed by atoms with van der Waals surface area (Å²) in [7, 11) is 0. The number of nitrogens with zero attached hydrogens (tertiary/aromatic N) is 2. The van der Waals surface area contributed by atoms with E-state index < -0.39 is 0 Å². The average Bonchev–Trinajstić information content (AvgIpc) is 3.27. The maximum Gasteiger partial charge on any atom is 0.269 e. The largest absolute Gasteiger partial charge is 0.494 e.